The van der Waals surface area contributed by atoms with Crippen molar-refractivity contribution < 1.29 is 8.42 Å². The number of aromatic nitrogens is 2. The molecule has 4 rings (SSSR count). The van der Waals surface area contributed by atoms with Crippen LogP contribution in [0.5, 0.6) is 0 Å². The van der Waals surface area contributed by atoms with E-state index in [0.29, 0.717) is 5.13 Å². The van der Waals surface area contributed by atoms with Crippen molar-refractivity contribution in [3.63, 3.8) is 0 Å². The molecular weight excluding hydrogens is 462 g/mol. The van der Waals surface area contributed by atoms with Gasteiger partial charge in [0.05, 0.1) is 10.6 Å². The van der Waals surface area contributed by atoms with Gasteiger partial charge in [0.15, 0.2) is 10.3 Å². The van der Waals surface area contributed by atoms with Gasteiger partial charge < -0.3 is 10.2 Å². The average molecular weight is 486 g/mol. The fourth-order valence-electron chi connectivity index (χ4n) is 3.05. The lowest BCUT2D eigenvalue weighted by molar-refractivity contribution is 0.328. The molecule has 0 bridgehead atoms. The molecule has 2 N–H and O–H groups in total. The molecule has 0 saturated heterocycles. The number of likely N-dealkylation sites (N-methyl/N-ethyl adjacent to an activating group) is 1. The number of nitrogens with zero attached hydrogens (tertiary/aromatic N) is 3. The highest BCUT2D eigenvalue weighted by Crippen LogP contribution is 2.24. The van der Waals surface area contributed by atoms with Crippen molar-refractivity contribution in [1.29, 1.82) is 0 Å². The first-order chi connectivity index (χ1) is 15.5. The van der Waals surface area contributed by atoms with Crippen molar-refractivity contribution in [2.24, 2.45) is 0 Å². The van der Waals surface area contributed by atoms with Gasteiger partial charge in [-0.1, -0.05) is 30.3 Å². The minimum Gasteiger partial charge on any atom is -0.332 e. The van der Waals surface area contributed by atoms with Crippen molar-refractivity contribution in [1.82, 2.24) is 14.9 Å². The Morgan fingerprint density at radius 2 is 1.78 bits per heavy atom. The Balaban J connectivity index is 1.31. The average Bonchev–Trinajstić information content (AvgIpc) is 3.45. The van der Waals surface area contributed by atoms with Crippen molar-refractivity contribution in [2.45, 2.75) is 17.9 Å². The second-order valence-electron chi connectivity index (χ2n) is 7.21. The first-order valence-electron chi connectivity index (χ1n) is 9.94. The summed E-state index contributed by atoms with van der Waals surface area (Å²) >= 11 is 2.76. The van der Waals surface area contributed by atoms with E-state index in [1.807, 2.05) is 11.4 Å². The largest absolute Gasteiger partial charge is 0.332 e. The van der Waals surface area contributed by atoms with E-state index >= 15 is 0 Å². The zero-order valence-corrected chi connectivity index (χ0v) is 19.9. The number of sulfonamides is 1. The fourth-order valence-corrected chi connectivity index (χ4v) is 5.56. The Hall–Kier alpha value is -2.79. The molecule has 7 nitrogen and oxygen atoms in total. The van der Waals surface area contributed by atoms with Gasteiger partial charge in [0.1, 0.15) is 0 Å². The Kier molecular flexibility index (Phi) is 7.15. The van der Waals surface area contributed by atoms with Gasteiger partial charge in [0.25, 0.3) is 10.0 Å². The van der Waals surface area contributed by atoms with Crippen LogP contribution in [0.25, 0.3) is 0 Å². The minimum atomic E-state index is -3.66. The molecular formula is C22H23N5O2S3. The van der Waals surface area contributed by atoms with Gasteiger partial charge in [0, 0.05) is 35.7 Å². The first kappa shape index (κ1) is 22.4. The summed E-state index contributed by atoms with van der Waals surface area (Å²) in [7, 11) is -1.56. The quantitative estimate of drug-likeness (QED) is 0.335. The van der Waals surface area contributed by atoms with Crippen LogP contribution in [0.3, 0.4) is 0 Å². The van der Waals surface area contributed by atoms with Crippen LogP contribution in [0.4, 0.5) is 16.0 Å². The summed E-state index contributed by atoms with van der Waals surface area (Å²) in [5, 5.41) is 8.11. The predicted octanol–water partition coefficient (Wildman–Crippen LogP) is 4.82. The highest BCUT2D eigenvalue weighted by Gasteiger charge is 2.15. The lowest BCUT2D eigenvalue weighted by atomic mass is 10.1. The number of rotatable bonds is 10. The molecule has 166 valence electrons. The maximum Gasteiger partial charge on any atom is 0.263 e. The molecule has 32 heavy (non-hydrogen) atoms. The van der Waals surface area contributed by atoms with Gasteiger partial charge >= 0.3 is 0 Å². The van der Waals surface area contributed by atoms with Crippen LogP contribution >= 0.6 is 22.7 Å². The molecule has 0 amide bonds. The molecule has 0 aliphatic carbocycles. The zero-order chi connectivity index (χ0) is 22.4. The highest BCUT2D eigenvalue weighted by atomic mass is 32.2. The third-order valence-corrected chi connectivity index (χ3v) is 7.66. The SMILES string of the molecule is CN(CCc1ccccc1)Cc1csc(Nc2ccc(S(=O)(=O)Nc3nccs3)cc2)n1. The topological polar surface area (TPSA) is 87.2 Å². The van der Waals surface area contributed by atoms with Crippen LogP contribution < -0.4 is 10.0 Å². The van der Waals surface area contributed by atoms with Crippen molar-refractivity contribution in [3.05, 3.63) is 82.8 Å². The summed E-state index contributed by atoms with van der Waals surface area (Å²) in [6, 6.07) is 17.0. The van der Waals surface area contributed by atoms with Crippen molar-refractivity contribution in [3.8, 4) is 0 Å². The predicted molar refractivity (Wildman–Crippen MR) is 131 cm³/mol. The van der Waals surface area contributed by atoms with Crippen LogP contribution in [0.15, 0.2) is 76.4 Å². The molecule has 2 aromatic carbocycles. The van der Waals surface area contributed by atoms with Crippen LogP contribution in [-0.2, 0) is 23.0 Å². The summed E-state index contributed by atoms with van der Waals surface area (Å²) in [6.07, 6.45) is 2.55. The van der Waals surface area contributed by atoms with Gasteiger partial charge in [-0.25, -0.2) is 18.4 Å². The van der Waals surface area contributed by atoms with Crippen LogP contribution in [-0.4, -0.2) is 36.9 Å². The Bertz CT molecular complexity index is 1220. The second-order valence-corrected chi connectivity index (χ2v) is 10.6. The van der Waals surface area contributed by atoms with E-state index < -0.39 is 10.0 Å². The lowest BCUT2D eigenvalue weighted by Crippen LogP contribution is -2.20. The van der Waals surface area contributed by atoms with Gasteiger partial charge in [-0.2, -0.15) is 0 Å². The smallest absolute Gasteiger partial charge is 0.263 e. The fraction of sp³-hybridized carbons (Fsp3) is 0.182. The van der Waals surface area contributed by atoms with Crippen molar-refractivity contribution in [2.75, 3.05) is 23.6 Å². The van der Waals surface area contributed by atoms with E-state index in [1.54, 1.807) is 35.8 Å². The Morgan fingerprint density at radius 1 is 1.00 bits per heavy atom. The van der Waals surface area contributed by atoms with E-state index in [4.69, 9.17) is 0 Å². The van der Waals surface area contributed by atoms with E-state index in [1.165, 1.54) is 28.2 Å². The molecule has 0 unspecified atom stereocenters. The monoisotopic (exact) mass is 485 g/mol. The maximum absolute atomic E-state index is 12.4. The maximum atomic E-state index is 12.4. The van der Waals surface area contributed by atoms with E-state index in [2.05, 4.69) is 56.2 Å². The molecule has 0 radical (unpaired) electrons. The molecule has 4 aromatic rings. The van der Waals surface area contributed by atoms with Crippen LogP contribution in [0.1, 0.15) is 11.3 Å². The van der Waals surface area contributed by atoms with Gasteiger partial charge in [-0.3, -0.25) is 4.72 Å². The number of anilines is 3. The number of benzene rings is 2. The Morgan fingerprint density at radius 3 is 2.50 bits per heavy atom. The summed E-state index contributed by atoms with van der Waals surface area (Å²) in [4.78, 5) is 11.0. The molecule has 0 atom stereocenters. The number of thiazole rings is 2. The number of hydrogen-bond donors (Lipinski definition) is 2. The molecule has 2 aromatic heterocycles. The molecule has 0 spiro atoms. The summed E-state index contributed by atoms with van der Waals surface area (Å²) in [5.74, 6) is 0. The standard InChI is InChI=1S/C22H23N5O2S3/c1-27(13-11-17-5-3-2-4-6-17)15-19-16-31-22(25-19)24-18-7-9-20(10-8-18)32(28,29)26-21-23-12-14-30-21/h2-10,12,14,16H,11,13,15H2,1H3,(H,23,26)(H,24,25). The number of hydrogen-bond acceptors (Lipinski definition) is 8. The Labute approximate surface area is 195 Å². The summed E-state index contributed by atoms with van der Waals surface area (Å²) < 4.78 is 27.3. The van der Waals surface area contributed by atoms with Gasteiger partial charge in [0.2, 0.25) is 0 Å². The van der Waals surface area contributed by atoms with Gasteiger partial charge in [-0.15, -0.1) is 22.7 Å². The lowest BCUT2D eigenvalue weighted by Gasteiger charge is -2.15. The molecule has 2 heterocycles. The summed E-state index contributed by atoms with van der Waals surface area (Å²) in [6.45, 7) is 1.72. The van der Waals surface area contributed by atoms with Crippen LogP contribution in [0.2, 0.25) is 0 Å². The number of nitrogens with one attached hydrogen (secondary N) is 2. The first-order valence-corrected chi connectivity index (χ1v) is 13.2. The van der Waals surface area contributed by atoms with Crippen LogP contribution in [0, 0.1) is 0 Å². The molecule has 0 aliphatic rings. The van der Waals surface area contributed by atoms with E-state index in [0.717, 1.165) is 36.0 Å². The minimum absolute atomic E-state index is 0.179. The third-order valence-electron chi connectivity index (χ3n) is 4.68. The van der Waals surface area contributed by atoms with E-state index in [9.17, 15) is 8.42 Å². The van der Waals surface area contributed by atoms with Gasteiger partial charge in [-0.05, 0) is 43.3 Å². The second kappa shape index (κ2) is 10.2. The molecule has 0 aliphatic heterocycles. The molecule has 10 heteroatoms. The van der Waals surface area contributed by atoms with E-state index in [-0.39, 0.29) is 4.90 Å². The van der Waals surface area contributed by atoms with Crippen molar-refractivity contribution >= 4 is 48.6 Å². The summed E-state index contributed by atoms with van der Waals surface area (Å²) in [5.41, 5.74) is 3.10. The normalized spacial score (nSPS) is 11.6. The third kappa shape index (κ3) is 6.13. The molecule has 0 saturated carbocycles. The zero-order valence-electron chi connectivity index (χ0n) is 17.4. The molecule has 0 fully saturated rings. The highest BCUT2D eigenvalue weighted by molar-refractivity contribution is 7.93.